The van der Waals surface area contributed by atoms with Crippen molar-refractivity contribution in [1.82, 2.24) is 0 Å². The Morgan fingerprint density at radius 2 is 1.38 bits per heavy atom. The Balaban J connectivity index is 0.000000431. The Bertz CT molecular complexity index is 1030. The summed E-state index contributed by atoms with van der Waals surface area (Å²) in [5.41, 5.74) is 2.72. The summed E-state index contributed by atoms with van der Waals surface area (Å²) in [5, 5.41) is 5.11. The number of hydrogen-bond donors (Lipinski definition) is 0. The number of fused-ring (bicyclic) bond motifs is 3. The number of benzene rings is 3. The van der Waals surface area contributed by atoms with Crippen molar-refractivity contribution in [2.75, 3.05) is 0 Å². The second-order valence-corrected chi connectivity index (χ2v) is 7.99. The average molecular weight is 391 g/mol. The SMILES string of the molecule is CCC(=O)OC1Cc2cc3cc4ccccc4cc3cc2CC1C.CCC(C)=O. The molecule has 0 heterocycles. The Kier molecular flexibility index (Phi) is 6.68. The molecule has 2 unspecified atom stereocenters. The van der Waals surface area contributed by atoms with Gasteiger partial charge in [-0.05, 0) is 64.1 Å². The summed E-state index contributed by atoms with van der Waals surface area (Å²) < 4.78 is 5.65. The molecule has 3 nitrogen and oxygen atoms in total. The van der Waals surface area contributed by atoms with E-state index in [2.05, 4.69) is 55.5 Å². The molecule has 0 amide bonds. The normalized spacial score (nSPS) is 17.9. The number of ketones is 1. The predicted octanol–water partition coefficient (Wildman–Crippen LogP) is 6.03. The highest BCUT2D eigenvalue weighted by molar-refractivity contribution is 5.98. The first-order valence-electron chi connectivity index (χ1n) is 10.5. The fraction of sp³-hybridized carbons (Fsp3) is 0.385. The maximum Gasteiger partial charge on any atom is 0.305 e. The highest BCUT2D eigenvalue weighted by Gasteiger charge is 2.28. The van der Waals surface area contributed by atoms with Gasteiger partial charge in [0.2, 0.25) is 0 Å². The smallest absolute Gasteiger partial charge is 0.305 e. The summed E-state index contributed by atoms with van der Waals surface area (Å²) in [6.07, 6.45) is 2.91. The molecule has 0 bridgehead atoms. The first-order chi connectivity index (χ1) is 13.9. The molecule has 2 atom stereocenters. The minimum Gasteiger partial charge on any atom is -0.462 e. The van der Waals surface area contributed by atoms with Gasteiger partial charge in [0.25, 0.3) is 0 Å². The van der Waals surface area contributed by atoms with Gasteiger partial charge in [0.1, 0.15) is 11.9 Å². The van der Waals surface area contributed by atoms with E-state index in [-0.39, 0.29) is 17.9 Å². The molecular weight excluding hydrogens is 360 g/mol. The van der Waals surface area contributed by atoms with Gasteiger partial charge in [0, 0.05) is 19.3 Å². The zero-order valence-corrected chi connectivity index (χ0v) is 17.8. The van der Waals surface area contributed by atoms with Crippen molar-refractivity contribution in [3.05, 3.63) is 59.7 Å². The van der Waals surface area contributed by atoms with Crippen LogP contribution in [0.25, 0.3) is 21.5 Å². The molecule has 1 aliphatic carbocycles. The summed E-state index contributed by atoms with van der Waals surface area (Å²) in [6.45, 7) is 7.46. The lowest BCUT2D eigenvalue weighted by Gasteiger charge is -2.30. The molecule has 1 aliphatic rings. The predicted molar refractivity (Wildman–Crippen MR) is 119 cm³/mol. The molecular formula is C26H30O3. The zero-order valence-electron chi connectivity index (χ0n) is 17.8. The number of rotatable bonds is 3. The van der Waals surface area contributed by atoms with Crippen molar-refractivity contribution in [3.63, 3.8) is 0 Å². The third-order valence-corrected chi connectivity index (χ3v) is 5.69. The lowest BCUT2D eigenvalue weighted by atomic mass is 9.81. The molecule has 0 N–H and O–H groups in total. The number of carbonyl (C=O) groups excluding carboxylic acids is 2. The van der Waals surface area contributed by atoms with E-state index in [0.717, 1.165) is 12.8 Å². The second kappa shape index (κ2) is 9.21. The molecule has 0 saturated carbocycles. The standard InChI is InChI=1S/C22H22O2.C4H8O/c1-3-22(23)24-21-13-20-12-19-10-16-7-5-4-6-15(16)9-18(19)11-17(20)8-14(21)2;1-3-4(2)5/h4-7,9-12,14,21H,3,8,13H2,1-2H3;3H2,1-2H3. The molecule has 0 fully saturated rings. The van der Waals surface area contributed by atoms with Crippen molar-refractivity contribution in [3.8, 4) is 0 Å². The molecule has 0 saturated heterocycles. The van der Waals surface area contributed by atoms with Crippen LogP contribution in [0.4, 0.5) is 0 Å². The monoisotopic (exact) mass is 390 g/mol. The summed E-state index contributed by atoms with van der Waals surface area (Å²) in [6, 6.07) is 17.6. The summed E-state index contributed by atoms with van der Waals surface area (Å²) in [5.74, 6) is 0.526. The van der Waals surface area contributed by atoms with Crippen LogP contribution in [-0.4, -0.2) is 17.9 Å². The number of carbonyl (C=O) groups is 2. The molecule has 152 valence electrons. The van der Waals surface area contributed by atoms with Crippen molar-refractivity contribution in [1.29, 1.82) is 0 Å². The lowest BCUT2D eigenvalue weighted by molar-refractivity contribution is -0.151. The third-order valence-electron chi connectivity index (χ3n) is 5.69. The van der Waals surface area contributed by atoms with Gasteiger partial charge in [-0.25, -0.2) is 0 Å². The van der Waals surface area contributed by atoms with Crippen LogP contribution in [0.1, 0.15) is 51.7 Å². The van der Waals surface area contributed by atoms with Gasteiger partial charge in [-0.15, -0.1) is 0 Å². The zero-order chi connectivity index (χ0) is 21.0. The molecule has 0 aromatic heterocycles. The fourth-order valence-corrected chi connectivity index (χ4v) is 3.77. The molecule has 3 aromatic rings. The molecule has 0 spiro atoms. The van der Waals surface area contributed by atoms with Gasteiger partial charge in [0.15, 0.2) is 0 Å². The molecule has 29 heavy (non-hydrogen) atoms. The molecule has 0 radical (unpaired) electrons. The van der Waals surface area contributed by atoms with Gasteiger partial charge in [-0.2, -0.15) is 0 Å². The molecule has 0 aliphatic heterocycles. The first-order valence-corrected chi connectivity index (χ1v) is 10.5. The quantitative estimate of drug-likeness (QED) is 0.405. The van der Waals surface area contributed by atoms with Gasteiger partial charge < -0.3 is 9.53 Å². The highest BCUT2D eigenvalue weighted by Crippen LogP contribution is 2.33. The number of esters is 1. The van der Waals surface area contributed by atoms with Crippen molar-refractivity contribution >= 4 is 33.3 Å². The van der Waals surface area contributed by atoms with E-state index < -0.39 is 0 Å². The number of hydrogen-bond acceptors (Lipinski definition) is 3. The molecule has 4 rings (SSSR count). The summed E-state index contributed by atoms with van der Waals surface area (Å²) >= 11 is 0. The Hall–Kier alpha value is -2.68. The van der Waals surface area contributed by atoms with Crippen LogP contribution in [0.3, 0.4) is 0 Å². The van der Waals surface area contributed by atoms with Crippen LogP contribution in [-0.2, 0) is 27.2 Å². The highest BCUT2D eigenvalue weighted by atomic mass is 16.5. The van der Waals surface area contributed by atoms with Gasteiger partial charge in [-0.3, -0.25) is 4.79 Å². The molecule has 3 aromatic carbocycles. The van der Waals surface area contributed by atoms with Crippen molar-refractivity contribution < 1.29 is 14.3 Å². The van der Waals surface area contributed by atoms with E-state index >= 15 is 0 Å². The van der Waals surface area contributed by atoms with Crippen LogP contribution in [0, 0.1) is 5.92 Å². The maximum absolute atomic E-state index is 11.7. The van der Waals surface area contributed by atoms with Gasteiger partial charge in [-0.1, -0.05) is 57.2 Å². The second-order valence-electron chi connectivity index (χ2n) is 7.99. The van der Waals surface area contributed by atoms with Crippen LogP contribution in [0.2, 0.25) is 0 Å². The lowest BCUT2D eigenvalue weighted by Crippen LogP contribution is -2.32. The third kappa shape index (κ3) is 5.03. The van der Waals surface area contributed by atoms with Crippen LogP contribution in [0.5, 0.6) is 0 Å². The minimum atomic E-state index is -0.0953. The Labute approximate surface area is 173 Å². The minimum absolute atomic E-state index is 0.00264. The topological polar surface area (TPSA) is 43.4 Å². The van der Waals surface area contributed by atoms with Crippen molar-refractivity contribution in [2.24, 2.45) is 5.92 Å². The average Bonchev–Trinajstić information content (AvgIpc) is 2.71. The summed E-state index contributed by atoms with van der Waals surface area (Å²) in [7, 11) is 0. The Morgan fingerprint density at radius 1 is 0.862 bits per heavy atom. The van der Waals surface area contributed by atoms with Gasteiger partial charge >= 0.3 is 5.97 Å². The summed E-state index contributed by atoms with van der Waals surface area (Å²) in [4.78, 5) is 21.5. The largest absolute Gasteiger partial charge is 0.462 e. The first kappa shape index (κ1) is 21.0. The fourth-order valence-electron chi connectivity index (χ4n) is 3.77. The Morgan fingerprint density at radius 3 is 1.86 bits per heavy atom. The number of Topliss-reactive ketones (excluding diaryl/α,β-unsaturated/α-hetero) is 1. The van der Waals surface area contributed by atoms with Crippen molar-refractivity contribution in [2.45, 2.75) is 59.5 Å². The van der Waals surface area contributed by atoms with Crippen LogP contribution < -0.4 is 0 Å². The number of ether oxygens (including phenoxy) is 1. The van der Waals surface area contributed by atoms with Crippen LogP contribution in [0.15, 0.2) is 48.5 Å². The van der Waals surface area contributed by atoms with E-state index in [0.29, 0.717) is 18.8 Å². The van der Waals surface area contributed by atoms with E-state index in [4.69, 9.17) is 4.74 Å². The maximum atomic E-state index is 11.7. The van der Waals surface area contributed by atoms with E-state index in [1.807, 2.05) is 13.8 Å². The van der Waals surface area contributed by atoms with E-state index in [1.165, 1.54) is 32.7 Å². The van der Waals surface area contributed by atoms with E-state index in [9.17, 15) is 9.59 Å². The van der Waals surface area contributed by atoms with E-state index in [1.54, 1.807) is 6.92 Å². The van der Waals surface area contributed by atoms with Gasteiger partial charge in [0.05, 0.1) is 0 Å². The van der Waals surface area contributed by atoms with Crippen LogP contribution >= 0.6 is 0 Å². The molecule has 3 heteroatoms.